The Balaban J connectivity index is 2.52. The molecule has 68 valence electrons. The minimum absolute atomic E-state index is 0.279. The molecule has 0 unspecified atom stereocenters. The number of rotatable bonds is 2. The topological polar surface area (TPSA) is 66.8 Å². The number of cyclic esters (lactones) is 1. The third-order valence-corrected chi connectivity index (χ3v) is 1.67. The van der Waals surface area contributed by atoms with Crippen LogP contribution < -0.4 is 0 Å². The highest BCUT2D eigenvalue weighted by Crippen LogP contribution is 2.18. The smallest absolute Gasteiger partial charge is 0.311 e. The summed E-state index contributed by atoms with van der Waals surface area (Å²) in [5, 5.41) is 18.1. The van der Waals surface area contributed by atoms with Crippen LogP contribution >= 0.6 is 0 Å². The van der Waals surface area contributed by atoms with Crippen LogP contribution in [0.15, 0.2) is 11.8 Å². The van der Waals surface area contributed by atoms with Gasteiger partial charge in [-0.15, -0.1) is 0 Å². The van der Waals surface area contributed by atoms with Crippen molar-refractivity contribution in [3.8, 4) is 0 Å². The number of aliphatic hydroxyl groups excluding tert-OH is 2. The zero-order valence-corrected chi connectivity index (χ0v) is 6.86. The summed E-state index contributed by atoms with van der Waals surface area (Å²) in [6, 6.07) is 0. The highest BCUT2D eigenvalue weighted by molar-refractivity contribution is 5.73. The second-order valence-electron chi connectivity index (χ2n) is 2.84. The minimum atomic E-state index is -0.953. The molecule has 1 aliphatic rings. The average molecular weight is 172 g/mol. The third-order valence-electron chi connectivity index (χ3n) is 1.67. The first-order valence-corrected chi connectivity index (χ1v) is 3.87. The molecule has 1 aliphatic heterocycles. The largest absolute Gasteiger partial charge is 0.431 e. The van der Waals surface area contributed by atoms with Crippen LogP contribution in [0.3, 0.4) is 0 Å². The Labute approximate surface area is 70.5 Å². The van der Waals surface area contributed by atoms with Gasteiger partial charge < -0.3 is 14.9 Å². The molecule has 0 radical (unpaired) electrons. The van der Waals surface area contributed by atoms with Crippen molar-refractivity contribution in [3.63, 3.8) is 0 Å². The molecule has 1 fully saturated rings. The Morgan fingerprint density at radius 2 is 2.17 bits per heavy atom. The van der Waals surface area contributed by atoms with E-state index in [4.69, 9.17) is 14.9 Å². The molecule has 0 aliphatic carbocycles. The zero-order valence-electron chi connectivity index (χ0n) is 6.86. The SMILES string of the molecule is C[C@@H](O)[C@H](O)/C=C1/CCC(=O)O1. The molecule has 0 saturated carbocycles. The van der Waals surface area contributed by atoms with Crippen LogP contribution in [-0.2, 0) is 9.53 Å². The van der Waals surface area contributed by atoms with Gasteiger partial charge in [0, 0.05) is 6.42 Å². The molecular formula is C8H12O4. The van der Waals surface area contributed by atoms with Crippen LogP contribution in [0.25, 0.3) is 0 Å². The van der Waals surface area contributed by atoms with Gasteiger partial charge in [-0.1, -0.05) is 0 Å². The number of allylic oxidation sites excluding steroid dienone is 1. The van der Waals surface area contributed by atoms with Crippen molar-refractivity contribution in [3.05, 3.63) is 11.8 Å². The lowest BCUT2D eigenvalue weighted by atomic mass is 10.2. The Bertz CT molecular complexity index is 207. The fourth-order valence-corrected chi connectivity index (χ4v) is 0.921. The number of aliphatic hydroxyl groups is 2. The molecule has 1 rings (SSSR count). The van der Waals surface area contributed by atoms with E-state index in [0.717, 1.165) is 0 Å². The average Bonchev–Trinajstić information content (AvgIpc) is 2.35. The van der Waals surface area contributed by atoms with Crippen molar-refractivity contribution in [2.24, 2.45) is 0 Å². The van der Waals surface area contributed by atoms with Gasteiger partial charge in [0.1, 0.15) is 11.9 Å². The van der Waals surface area contributed by atoms with Crippen molar-refractivity contribution in [1.29, 1.82) is 0 Å². The molecule has 12 heavy (non-hydrogen) atoms. The predicted molar refractivity (Wildman–Crippen MR) is 41.1 cm³/mol. The second-order valence-corrected chi connectivity index (χ2v) is 2.84. The lowest BCUT2D eigenvalue weighted by molar-refractivity contribution is -0.135. The molecule has 0 amide bonds. The summed E-state index contributed by atoms with van der Waals surface area (Å²) >= 11 is 0. The van der Waals surface area contributed by atoms with E-state index in [1.54, 1.807) is 0 Å². The Hall–Kier alpha value is -0.870. The van der Waals surface area contributed by atoms with E-state index in [0.29, 0.717) is 18.6 Å². The monoisotopic (exact) mass is 172 g/mol. The Morgan fingerprint density at radius 1 is 1.50 bits per heavy atom. The maximum Gasteiger partial charge on any atom is 0.311 e. The van der Waals surface area contributed by atoms with Gasteiger partial charge in [0.05, 0.1) is 12.5 Å². The van der Waals surface area contributed by atoms with Gasteiger partial charge in [0.2, 0.25) is 0 Å². The first kappa shape index (κ1) is 9.22. The molecule has 1 heterocycles. The maximum atomic E-state index is 10.6. The number of hydrogen-bond acceptors (Lipinski definition) is 4. The van der Waals surface area contributed by atoms with E-state index in [1.165, 1.54) is 13.0 Å². The molecule has 2 N–H and O–H groups in total. The molecule has 0 aromatic rings. The molecular weight excluding hydrogens is 160 g/mol. The summed E-state index contributed by atoms with van der Waals surface area (Å²) in [6.45, 7) is 1.47. The van der Waals surface area contributed by atoms with E-state index in [2.05, 4.69) is 0 Å². The standard InChI is InChI=1S/C8H12O4/c1-5(9)7(10)4-6-2-3-8(11)12-6/h4-5,7,9-10H,2-3H2,1H3/b6-4-/t5-,7-/m1/s1. The second kappa shape index (κ2) is 3.69. The van der Waals surface area contributed by atoms with E-state index >= 15 is 0 Å². The summed E-state index contributed by atoms with van der Waals surface area (Å²) in [5.74, 6) is 0.174. The first-order valence-electron chi connectivity index (χ1n) is 3.87. The molecule has 0 spiro atoms. The fraction of sp³-hybridized carbons (Fsp3) is 0.625. The van der Waals surface area contributed by atoms with Crippen molar-refractivity contribution in [2.75, 3.05) is 0 Å². The summed E-state index contributed by atoms with van der Waals surface area (Å²) in [7, 11) is 0. The van der Waals surface area contributed by atoms with Gasteiger partial charge in [-0.05, 0) is 13.0 Å². The number of esters is 1. The molecule has 4 nitrogen and oxygen atoms in total. The van der Waals surface area contributed by atoms with Crippen molar-refractivity contribution in [1.82, 2.24) is 0 Å². The number of hydrogen-bond donors (Lipinski definition) is 2. The fourth-order valence-electron chi connectivity index (χ4n) is 0.921. The van der Waals surface area contributed by atoms with Gasteiger partial charge in [-0.3, -0.25) is 4.79 Å². The molecule has 0 aromatic carbocycles. The quantitative estimate of drug-likeness (QED) is 0.573. The van der Waals surface area contributed by atoms with Crippen LogP contribution in [0.2, 0.25) is 0 Å². The van der Waals surface area contributed by atoms with Crippen molar-refractivity contribution >= 4 is 5.97 Å². The third kappa shape index (κ3) is 2.32. The van der Waals surface area contributed by atoms with Crippen LogP contribution in [0, 0.1) is 0 Å². The molecule has 0 bridgehead atoms. The van der Waals surface area contributed by atoms with Crippen molar-refractivity contribution < 1.29 is 19.7 Å². The van der Waals surface area contributed by atoms with E-state index in [9.17, 15) is 4.79 Å². The normalized spacial score (nSPS) is 25.6. The number of ether oxygens (including phenoxy) is 1. The zero-order chi connectivity index (χ0) is 9.14. The maximum absolute atomic E-state index is 10.6. The van der Waals surface area contributed by atoms with Crippen LogP contribution in [0.1, 0.15) is 19.8 Å². The van der Waals surface area contributed by atoms with Crippen LogP contribution in [0.4, 0.5) is 0 Å². The summed E-state index contributed by atoms with van der Waals surface area (Å²) in [6.07, 6.45) is 0.457. The number of carbonyl (C=O) groups excluding carboxylic acids is 1. The Kier molecular flexibility index (Phi) is 2.83. The minimum Gasteiger partial charge on any atom is -0.431 e. The first-order chi connectivity index (χ1) is 5.59. The summed E-state index contributed by atoms with van der Waals surface area (Å²) in [5.41, 5.74) is 0. The van der Waals surface area contributed by atoms with Gasteiger partial charge in [0.15, 0.2) is 0 Å². The van der Waals surface area contributed by atoms with Crippen molar-refractivity contribution in [2.45, 2.75) is 32.0 Å². The highest BCUT2D eigenvalue weighted by atomic mass is 16.5. The lowest BCUT2D eigenvalue weighted by Gasteiger charge is -2.08. The number of carbonyl (C=O) groups is 1. The van der Waals surface area contributed by atoms with Crippen LogP contribution in [0.5, 0.6) is 0 Å². The molecule has 0 aromatic heterocycles. The lowest BCUT2D eigenvalue weighted by Crippen LogP contribution is -2.20. The van der Waals surface area contributed by atoms with Crippen LogP contribution in [-0.4, -0.2) is 28.4 Å². The summed E-state index contributed by atoms with van der Waals surface area (Å²) in [4.78, 5) is 10.6. The Morgan fingerprint density at radius 3 is 2.58 bits per heavy atom. The van der Waals surface area contributed by atoms with E-state index in [-0.39, 0.29) is 5.97 Å². The van der Waals surface area contributed by atoms with Gasteiger partial charge in [0.25, 0.3) is 0 Å². The molecule has 1 saturated heterocycles. The van der Waals surface area contributed by atoms with Gasteiger partial charge in [-0.2, -0.15) is 0 Å². The molecule has 2 atom stereocenters. The van der Waals surface area contributed by atoms with E-state index < -0.39 is 12.2 Å². The summed E-state index contributed by atoms with van der Waals surface area (Å²) < 4.78 is 4.73. The highest BCUT2D eigenvalue weighted by Gasteiger charge is 2.19. The van der Waals surface area contributed by atoms with Gasteiger partial charge in [-0.25, -0.2) is 0 Å². The van der Waals surface area contributed by atoms with E-state index in [1.807, 2.05) is 0 Å². The van der Waals surface area contributed by atoms with Gasteiger partial charge >= 0.3 is 5.97 Å². The molecule has 4 heteroatoms. The predicted octanol–water partition coefficient (Wildman–Crippen LogP) is -0.0510.